The molecule has 9 atom stereocenters. The van der Waals surface area contributed by atoms with E-state index < -0.39 is 54.2 Å². The van der Waals surface area contributed by atoms with Crippen molar-refractivity contribution in [2.24, 2.45) is 23.7 Å². The normalized spacial score (nSPS) is 18.6. The molecule has 1 aromatic carbocycles. The largest absolute Gasteiger partial charge is 0.480 e. The number of hydrogen-bond donors (Lipinski definition) is 3. The maximum Gasteiger partial charge on any atom is 0.326 e. The minimum atomic E-state index is -1.02. The Balaban J connectivity index is 2.29. The average molecular weight is 804 g/mol. The highest BCUT2D eigenvalue weighted by Crippen LogP contribution is 2.30. The third-order valence-electron chi connectivity index (χ3n) is 11.4. The van der Waals surface area contributed by atoms with Gasteiger partial charge in [0.15, 0.2) is 0 Å². The Bertz CT molecular complexity index is 1460. The van der Waals surface area contributed by atoms with Crippen molar-refractivity contribution < 1.29 is 38.6 Å². The topological polar surface area (TPSA) is 158 Å². The number of thiocarbonyl (C=S) groups is 1. The number of rotatable bonds is 22. The van der Waals surface area contributed by atoms with Gasteiger partial charge in [-0.15, -0.1) is 0 Å². The van der Waals surface area contributed by atoms with Crippen LogP contribution in [0.25, 0.3) is 0 Å². The lowest BCUT2D eigenvalue weighted by atomic mass is 9.89. The zero-order chi connectivity index (χ0) is 42.4. The molecule has 0 aliphatic carbocycles. The van der Waals surface area contributed by atoms with E-state index >= 15 is 0 Å². The Morgan fingerprint density at radius 3 is 2.05 bits per heavy atom. The fraction of sp³-hybridized carbons (Fsp3) is 0.714. The van der Waals surface area contributed by atoms with Crippen molar-refractivity contribution in [3.63, 3.8) is 0 Å². The molecule has 0 bridgehead atoms. The molecule has 14 heteroatoms. The van der Waals surface area contributed by atoms with Crippen molar-refractivity contribution in [1.29, 1.82) is 0 Å². The fourth-order valence-corrected chi connectivity index (χ4v) is 8.24. The summed E-state index contributed by atoms with van der Waals surface area (Å²) in [6.07, 6.45) is 1.49. The van der Waals surface area contributed by atoms with Gasteiger partial charge in [0.05, 0.1) is 35.7 Å². The quantitative estimate of drug-likeness (QED) is 0.142. The number of nitrogens with zero attached hydrogens (tertiary/aromatic N) is 3. The first-order valence-electron chi connectivity index (χ1n) is 20.1. The van der Waals surface area contributed by atoms with Crippen LogP contribution in [0.5, 0.6) is 0 Å². The van der Waals surface area contributed by atoms with Crippen molar-refractivity contribution in [3.05, 3.63) is 35.9 Å². The van der Waals surface area contributed by atoms with Gasteiger partial charge in [-0.25, -0.2) is 4.79 Å². The summed E-state index contributed by atoms with van der Waals surface area (Å²) in [4.78, 5) is 72.3. The number of amides is 4. The van der Waals surface area contributed by atoms with Crippen molar-refractivity contribution >= 4 is 46.8 Å². The summed E-state index contributed by atoms with van der Waals surface area (Å²) in [7, 11) is 6.43. The SMILES string of the molecule is CCC(=O)N(C)[C@H](C(=O)N[C@H](C(=O)N(C)[C@@H]([C@@H](C)CC)[C@@H](CC(=O)N1CCC[C@H]1[C@H](OC)[C@@H](C)C(=S)N[C@@H](Cc1ccccc1)C(=O)O)OC)C(C)C)C(C)C. The summed E-state index contributed by atoms with van der Waals surface area (Å²) in [6.45, 7) is 15.7. The predicted octanol–water partition coefficient (Wildman–Crippen LogP) is 4.55. The van der Waals surface area contributed by atoms with Gasteiger partial charge in [-0.3, -0.25) is 19.2 Å². The Morgan fingerprint density at radius 1 is 0.929 bits per heavy atom. The van der Waals surface area contributed by atoms with Gasteiger partial charge in [-0.2, -0.15) is 0 Å². The van der Waals surface area contributed by atoms with E-state index in [9.17, 15) is 29.1 Å². The van der Waals surface area contributed by atoms with Crippen molar-refractivity contribution in [3.8, 4) is 0 Å². The second-order valence-corrected chi connectivity index (χ2v) is 16.4. The molecule has 3 N–H and O–H groups in total. The van der Waals surface area contributed by atoms with Crippen molar-refractivity contribution in [1.82, 2.24) is 25.3 Å². The number of likely N-dealkylation sites (N-methyl/N-ethyl adjacent to an activating group) is 2. The molecule has 0 unspecified atom stereocenters. The Hall–Kier alpha value is -3.62. The molecule has 1 heterocycles. The van der Waals surface area contributed by atoms with Gasteiger partial charge in [0.25, 0.3) is 0 Å². The van der Waals surface area contributed by atoms with Crippen LogP contribution in [0.2, 0.25) is 0 Å². The maximum absolute atomic E-state index is 14.3. The van der Waals surface area contributed by atoms with Crippen molar-refractivity contribution in [2.45, 2.75) is 136 Å². The van der Waals surface area contributed by atoms with Crippen LogP contribution in [0.1, 0.15) is 93.1 Å². The highest BCUT2D eigenvalue weighted by atomic mass is 32.1. The summed E-state index contributed by atoms with van der Waals surface area (Å²) in [5.74, 6) is -2.94. The second kappa shape index (κ2) is 23.0. The Labute approximate surface area is 340 Å². The first-order valence-corrected chi connectivity index (χ1v) is 20.5. The highest BCUT2D eigenvalue weighted by molar-refractivity contribution is 7.80. The first kappa shape index (κ1) is 48.5. The van der Waals surface area contributed by atoms with Gasteiger partial charge < -0.3 is 39.9 Å². The van der Waals surface area contributed by atoms with Gasteiger partial charge in [-0.05, 0) is 36.2 Å². The van der Waals surface area contributed by atoms with Crippen molar-refractivity contribution in [2.75, 3.05) is 34.9 Å². The number of aliphatic carboxylic acids is 1. The third kappa shape index (κ3) is 12.7. The molecule has 1 aliphatic rings. The number of carboxylic acid groups (broad SMARTS) is 1. The number of methoxy groups -OCH3 is 2. The number of hydrogen-bond acceptors (Lipinski definition) is 8. The average Bonchev–Trinajstić information content (AvgIpc) is 3.65. The van der Waals surface area contributed by atoms with E-state index in [-0.39, 0.29) is 60.8 Å². The molecule has 0 radical (unpaired) electrons. The van der Waals surface area contributed by atoms with Gasteiger partial charge in [0, 0.05) is 53.6 Å². The van der Waals surface area contributed by atoms with Crippen LogP contribution in [-0.4, -0.2) is 132 Å². The zero-order valence-corrected chi connectivity index (χ0v) is 36.6. The molecule has 1 aromatic rings. The molecule has 13 nitrogen and oxygen atoms in total. The summed E-state index contributed by atoms with van der Waals surface area (Å²) in [5.41, 5.74) is 0.867. The monoisotopic (exact) mass is 803 g/mol. The standard InChI is InChI=1S/C42H69N5O8S/c1-13-27(7)37(46(10)41(51)35(25(3)4)44-39(50)36(26(5)6)45(9)33(48)14-2)32(54-11)24-34(49)47-22-18-21-31(47)38(55-12)28(8)40(56)43-30(42(52)53)23-29-19-16-15-17-20-29/h15-17,19-20,25-28,30-32,35-38H,13-14,18,21-24H2,1-12H3,(H,43,56)(H,44,50)(H,52,53)/t27-,28+,30-,31-,32+,35-,36-,37-,38+/m0/s1. The van der Waals surface area contributed by atoms with E-state index in [2.05, 4.69) is 10.6 Å². The molecule has 1 aliphatic heterocycles. The van der Waals surface area contributed by atoms with Gasteiger partial charge in [-0.1, -0.05) is 104 Å². The molecule has 0 aromatic heterocycles. The van der Waals surface area contributed by atoms with E-state index in [1.165, 1.54) is 4.90 Å². The van der Waals surface area contributed by atoms with Crippen LogP contribution < -0.4 is 10.6 Å². The van der Waals surface area contributed by atoms with Crippen LogP contribution in [0.15, 0.2) is 30.3 Å². The van der Waals surface area contributed by atoms with E-state index in [4.69, 9.17) is 21.7 Å². The minimum absolute atomic E-state index is 0.00333. The Kier molecular flexibility index (Phi) is 19.9. The smallest absolute Gasteiger partial charge is 0.326 e. The minimum Gasteiger partial charge on any atom is -0.480 e. The predicted molar refractivity (Wildman–Crippen MR) is 222 cm³/mol. The second-order valence-electron chi connectivity index (χ2n) is 16.0. The number of carboxylic acids is 1. The summed E-state index contributed by atoms with van der Waals surface area (Å²) < 4.78 is 12.0. The van der Waals surface area contributed by atoms with Crippen LogP contribution in [-0.2, 0) is 39.9 Å². The third-order valence-corrected chi connectivity index (χ3v) is 11.9. The maximum atomic E-state index is 14.3. The molecular weight excluding hydrogens is 735 g/mol. The Morgan fingerprint density at radius 2 is 1.55 bits per heavy atom. The highest BCUT2D eigenvalue weighted by Gasteiger charge is 2.43. The molecule has 0 spiro atoms. The molecule has 4 amide bonds. The lowest BCUT2D eigenvalue weighted by Gasteiger charge is -2.41. The molecule has 56 heavy (non-hydrogen) atoms. The summed E-state index contributed by atoms with van der Waals surface area (Å²) in [5, 5.41) is 16.0. The number of carbonyl (C=O) groups is 5. The van der Waals surface area contributed by atoms with E-state index in [1.54, 1.807) is 40.1 Å². The molecule has 0 saturated carbocycles. The van der Waals surface area contributed by atoms with Crippen LogP contribution in [0.3, 0.4) is 0 Å². The number of benzene rings is 1. The molecular formula is C42H69N5O8S. The van der Waals surface area contributed by atoms with E-state index in [1.807, 2.05) is 83.7 Å². The van der Waals surface area contributed by atoms with Gasteiger partial charge in [0.1, 0.15) is 18.1 Å². The van der Waals surface area contributed by atoms with Crippen LogP contribution >= 0.6 is 12.2 Å². The van der Waals surface area contributed by atoms with Crippen LogP contribution in [0, 0.1) is 23.7 Å². The molecule has 316 valence electrons. The lowest BCUT2D eigenvalue weighted by molar-refractivity contribution is -0.148. The molecule has 1 saturated heterocycles. The van der Waals surface area contributed by atoms with E-state index in [0.717, 1.165) is 12.0 Å². The van der Waals surface area contributed by atoms with Gasteiger partial charge >= 0.3 is 5.97 Å². The van der Waals surface area contributed by atoms with Gasteiger partial charge in [0.2, 0.25) is 23.6 Å². The van der Waals surface area contributed by atoms with E-state index in [0.29, 0.717) is 24.4 Å². The summed E-state index contributed by atoms with van der Waals surface area (Å²) >= 11 is 5.75. The molecule has 2 rings (SSSR count). The number of carbonyl (C=O) groups excluding carboxylic acids is 4. The van der Waals surface area contributed by atoms with Crippen LogP contribution in [0.4, 0.5) is 0 Å². The fourth-order valence-electron chi connectivity index (χ4n) is 7.96. The summed E-state index contributed by atoms with van der Waals surface area (Å²) in [6, 6.07) is 5.97. The number of likely N-dealkylation sites (tertiary alicyclic amines) is 1. The zero-order valence-electron chi connectivity index (χ0n) is 35.7. The lowest BCUT2D eigenvalue weighted by Crippen LogP contribution is -2.60. The number of ether oxygens (including phenoxy) is 2. The first-order chi connectivity index (χ1) is 26.4. The number of nitrogens with one attached hydrogen (secondary N) is 2. The molecule has 1 fully saturated rings.